The second-order valence-electron chi connectivity index (χ2n) is 5.18. The van der Waals surface area contributed by atoms with E-state index in [4.69, 9.17) is 11.6 Å². The highest BCUT2D eigenvalue weighted by molar-refractivity contribution is 9.10. The molecule has 1 aromatic carbocycles. The fourth-order valence-corrected chi connectivity index (χ4v) is 3.17. The molecule has 6 heteroatoms. The first-order chi connectivity index (χ1) is 9.58. The molecular weight excluding hydrogens is 323 g/mol. The molecule has 4 N–H and O–H groups in total. The minimum absolute atomic E-state index is 0.309. The first kappa shape index (κ1) is 13.4. The van der Waals surface area contributed by atoms with Gasteiger partial charge in [0, 0.05) is 16.0 Å². The number of rotatable bonds is 2. The van der Waals surface area contributed by atoms with Crippen LogP contribution < -0.4 is 11.6 Å². The van der Waals surface area contributed by atoms with Crippen LogP contribution in [-0.2, 0) is 0 Å². The molecule has 106 valence electrons. The molecule has 20 heavy (non-hydrogen) atoms. The van der Waals surface area contributed by atoms with Gasteiger partial charge in [-0.2, -0.15) is 0 Å². The second-order valence-corrected chi connectivity index (χ2v) is 6.10. The summed E-state index contributed by atoms with van der Waals surface area (Å²) in [6.07, 6.45) is 4.48. The third-order valence-corrected chi connectivity index (χ3v) is 4.37. The number of imidazole rings is 1. The highest BCUT2D eigenvalue weighted by Crippen LogP contribution is 2.37. The molecule has 1 fully saturated rings. The minimum Gasteiger partial charge on any atom is -0.382 e. The molecule has 1 aliphatic carbocycles. The number of hydrogen-bond acceptors (Lipinski definition) is 3. The fraction of sp³-hybridized carbons (Fsp3) is 0.357. The average molecular weight is 339 g/mol. The molecule has 4 nitrogen and oxygen atoms in total. The number of aromatic nitrogens is 2. The van der Waals surface area contributed by atoms with Crippen LogP contribution in [0.25, 0.3) is 11.3 Å². The Balaban J connectivity index is 2.10. The summed E-state index contributed by atoms with van der Waals surface area (Å²) in [5.41, 5.74) is 6.82. The number of halogens is 2. The molecular formula is C14H16BrFN4. The van der Waals surface area contributed by atoms with Gasteiger partial charge < -0.3 is 11.6 Å². The molecule has 1 saturated carbocycles. The van der Waals surface area contributed by atoms with Crippen molar-refractivity contribution < 1.29 is 4.39 Å². The quantitative estimate of drug-likeness (QED) is 0.824. The van der Waals surface area contributed by atoms with Crippen molar-refractivity contribution in [1.29, 1.82) is 0 Å². The summed E-state index contributed by atoms with van der Waals surface area (Å²) in [6, 6.07) is 4.71. The Bertz CT molecular complexity index is 647. The fourth-order valence-electron chi connectivity index (χ4n) is 2.81. The molecule has 0 atom stereocenters. The van der Waals surface area contributed by atoms with E-state index in [2.05, 4.69) is 20.9 Å². The molecule has 1 aromatic heterocycles. The number of nitrogens with two attached hydrogens (primary N) is 2. The predicted molar refractivity (Wildman–Crippen MR) is 81.1 cm³/mol. The molecule has 0 unspecified atom stereocenters. The molecule has 2 aromatic rings. The Morgan fingerprint density at radius 1 is 1.30 bits per heavy atom. The topological polar surface area (TPSA) is 69.9 Å². The molecule has 0 saturated heterocycles. The smallest absolute Gasteiger partial charge is 0.150 e. The number of benzene rings is 1. The van der Waals surface area contributed by atoms with Gasteiger partial charge in [0.15, 0.2) is 5.82 Å². The van der Waals surface area contributed by atoms with Crippen molar-refractivity contribution >= 4 is 21.7 Å². The van der Waals surface area contributed by atoms with E-state index >= 15 is 0 Å². The summed E-state index contributed by atoms with van der Waals surface area (Å²) in [5, 5.41) is 0. The van der Waals surface area contributed by atoms with Gasteiger partial charge in [-0.15, -0.1) is 0 Å². The highest BCUT2D eigenvalue weighted by Gasteiger charge is 2.25. The lowest BCUT2D eigenvalue weighted by molar-refractivity contribution is 0.630. The largest absolute Gasteiger partial charge is 0.382 e. The number of anilines is 1. The average Bonchev–Trinajstić information content (AvgIpc) is 3.04. The first-order valence-electron chi connectivity index (χ1n) is 6.66. The molecule has 1 aliphatic rings. The normalized spacial score (nSPS) is 15.9. The lowest BCUT2D eigenvalue weighted by Crippen LogP contribution is -2.17. The van der Waals surface area contributed by atoms with E-state index in [9.17, 15) is 4.39 Å². The van der Waals surface area contributed by atoms with Crippen LogP contribution in [0.3, 0.4) is 0 Å². The van der Waals surface area contributed by atoms with Gasteiger partial charge in [-0.1, -0.05) is 28.8 Å². The Hall–Kier alpha value is -1.56. The number of hydrogen-bond donors (Lipinski definition) is 2. The first-order valence-corrected chi connectivity index (χ1v) is 7.46. The van der Waals surface area contributed by atoms with Crippen molar-refractivity contribution in [2.45, 2.75) is 31.6 Å². The highest BCUT2D eigenvalue weighted by atomic mass is 79.9. The van der Waals surface area contributed by atoms with Crippen molar-refractivity contribution in [1.82, 2.24) is 9.66 Å². The second kappa shape index (κ2) is 5.09. The van der Waals surface area contributed by atoms with Gasteiger partial charge in [0.25, 0.3) is 0 Å². The Kier molecular flexibility index (Phi) is 3.41. The Morgan fingerprint density at radius 3 is 2.70 bits per heavy atom. The zero-order valence-corrected chi connectivity index (χ0v) is 12.5. The zero-order chi connectivity index (χ0) is 14.3. The molecule has 1 heterocycles. The van der Waals surface area contributed by atoms with Crippen LogP contribution in [0.5, 0.6) is 0 Å². The third-order valence-electron chi connectivity index (χ3n) is 3.88. The lowest BCUT2D eigenvalue weighted by Gasteiger charge is -2.08. The maximum Gasteiger partial charge on any atom is 0.150 e. The van der Waals surface area contributed by atoms with E-state index in [1.807, 2.05) is 0 Å². The van der Waals surface area contributed by atoms with Crippen LogP contribution >= 0.6 is 15.9 Å². The van der Waals surface area contributed by atoms with E-state index in [1.165, 1.54) is 23.6 Å². The summed E-state index contributed by atoms with van der Waals surface area (Å²) < 4.78 is 16.2. The molecule has 0 aliphatic heterocycles. The predicted octanol–water partition coefficient (Wildman–Crippen LogP) is 3.41. The lowest BCUT2D eigenvalue weighted by atomic mass is 10.1. The maximum absolute atomic E-state index is 14.0. The maximum atomic E-state index is 14.0. The standard InChI is InChI=1S/C14H16BrFN4/c15-9-5-6-11(16)10(7-9)12-13(17)20(18)14(19-12)8-3-1-2-4-8/h5-8H,1-4,17-18H2. The number of nitrogen functional groups attached to an aromatic ring is 2. The van der Waals surface area contributed by atoms with Gasteiger partial charge in [-0.05, 0) is 31.0 Å². The van der Waals surface area contributed by atoms with Crippen LogP contribution in [0.15, 0.2) is 22.7 Å². The zero-order valence-electron chi connectivity index (χ0n) is 10.9. The van der Waals surface area contributed by atoms with E-state index in [0.29, 0.717) is 23.0 Å². The molecule has 0 bridgehead atoms. The van der Waals surface area contributed by atoms with Crippen molar-refractivity contribution in [3.63, 3.8) is 0 Å². The van der Waals surface area contributed by atoms with E-state index in [-0.39, 0.29) is 5.82 Å². The van der Waals surface area contributed by atoms with Gasteiger partial charge in [-0.25, -0.2) is 14.1 Å². The van der Waals surface area contributed by atoms with Crippen LogP contribution in [0.2, 0.25) is 0 Å². The third kappa shape index (κ3) is 2.18. The molecule has 0 amide bonds. The van der Waals surface area contributed by atoms with Crippen LogP contribution in [0.1, 0.15) is 37.4 Å². The summed E-state index contributed by atoms with van der Waals surface area (Å²) in [4.78, 5) is 4.52. The van der Waals surface area contributed by atoms with Gasteiger partial charge in [0.2, 0.25) is 0 Å². The van der Waals surface area contributed by atoms with Gasteiger partial charge in [0.1, 0.15) is 17.3 Å². The van der Waals surface area contributed by atoms with Crippen molar-refractivity contribution in [3.8, 4) is 11.3 Å². The van der Waals surface area contributed by atoms with Gasteiger partial charge in [-0.3, -0.25) is 0 Å². The van der Waals surface area contributed by atoms with Gasteiger partial charge >= 0.3 is 0 Å². The monoisotopic (exact) mass is 338 g/mol. The van der Waals surface area contributed by atoms with E-state index < -0.39 is 0 Å². The van der Waals surface area contributed by atoms with Crippen molar-refractivity contribution in [2.75, 3.05) is 11.6 Å². The van der Waals surface area contributed by atoms with Crippen molar-refractivity contribution in [3.05, 3.63) is 34.3 Å². The summed E-state index contributed by atoms with van der Waals surface area (Å²) in [6.45, 7) is 0. The number of nitrogens with zero attached hydrogens (tertiary/aromatic N) is 2. The molecule has 0 spiro atoms. The molecule has 0 radical (unpaired) electrons. The van der Waals surface area contributed by atoms with E-state index in [1.54, 1.807) is 12.1 Å². The minimum atomic E-state index is -0.351. The summed E-state index contributed by atoms with van der Waals surface area (Å²) >= 11 is 3.34. The summed E-state index contributed by atoms with van der Waals surface area (Å²) in [5.74, 6) is 7.05. The van der Waals surface area contributed by atoms with Crippen LogP contribution in [-0.4, -0.2) is 9.66 Å². The van der Waals surface area contributed by atoms with Gasteiger partial charge in [0.05, 0.1) is 0 Å². The Labute approximate surface area is 125 Å². The Morgan fingerprint density at radius 2 is 2.00 bits per heavy atom. The van der Waals surface area contributed by atoms with Crippen molar-refractivity contribution in [2.24, 2.45) is 0 Å². The van der Waals surface area contributed by atoms with Crippen LogP contribution in [0, 0.1) is 5.82 Å². The SMILES string of the molecule is Nc1c(-c2cc(Br)ccc2F)nc(C2CCCC2)n1N. The summed E-state index contributed by atoms with van der Waals surface area (Å²) in [7, 11) is 0. The van der Waals surface area contributed by atoms with E-state index in [0.717, 1.165) is 23.1 Å². The molecule has 3 rings (SSSR count). The van der Waals surface area contributed by atoms with Crippen LogP contribution in [0.4, 0.5) is 10.2 Å².